The van der Waals surface area contributed by atoms with Crippen LogP contribution in [-0.2, 0) is 11.2 Å². The molecule has 0 spiro atoms. The first-order valence-electron chi connectivity index (χ1n) is 7.20. The van der Waals surface area contributed by atoms with Crippen LogP contribution in [0.15, 0.2) is 54.6 Å². The number of rotatable bonds is 6. The van der Waals surface area contributed by atoms with E-state index < -0.39 is 18.0 Å². The first-order chi connectivity index (χ1) is 11.1. The third-order valence-corrected chi connectivity index (χ3v) is 3.34. The van der Waals surface area contributed by atoms with Crippen LogP contribution in [0.2, 0.25) is 0 Å². The van der Waals surface area contributed by atoms with Gasteiger partial charge in [-0.05, 0) is 23.6 Å². The van der Waals surface area contributed by atoms with E-state index in [1.807, 2.05) is 6.07 Å². The number of nitrogens with one attached hydrogen (secondary N) is 2. The number of nitrogens with two attached hydrogens (primary N) is 1. The minimum atomic E-state index is -0.910. The summed E-state index contributed by atoms with van der Waals surface area (Å²) < 4.78 is 13.6. The van der Waals surface area contributed by atoms with E-state index in [0.29, 0.717) is 24.1 Å². The number of carbonyl (C=O) groups excluding carboxylic acids is 2. The van der Waals surface area contributed by atoms with E-state index in [0.717, 1.165) is 0 Å². The van der Waals surface area contributed by atoms with Gasteiger partial charge in [0.1, 0.15) is 11.9 Å². The summed E-state index contributed by atoms with van der Waals surface area (Å²) in [5.41, 5.74) is 6.25. The Labute approximate surface area is 133 Å². The summed E-state index contributed by atoms with van der Waals surface area (Å²) in [6.45, 7) is 0.368. The Kier molecular flexibility index (Phi) is 5.82. The summed E-state index contributed by atoms with van der Waals surface area (Å²) in [5, 5.41) is 5.10. The Morgan fingerprint density at radius 2 is 1.70 bits per heavy atom. The molecule has 3 amide bonds. The van der Waals surface area contributed by atoms with E-state index in [9.17, 15) is 14.0 Å². The van der Waals surface area contributed by atoms with Crippen LogP contribution in [0.4, 0.5) is 9.18 Å². The largest absolute Gasteiger partial charge is 0.351 e. The molecule has 5 nitrogen and oxygen atoms in total. The Balaban J connectivity index is 2.04. The average molecular weight is 315 g/mol. The fraction of sp³-hybridized carbons (Fsp3) is 0.176. The van der Waals surface area contributed by atoms with Gasteiger partial charge in [-0.1, -0.05) is 48.5 Å². The Morgan fingerprint density at radius 1 is 1.04 bits per heavy atom. The molecule has 2 aromatic rings. The molecule has 0 fully saturated rings. The number of carbonyl (C=O) groups is 2. The molecule has 0 radical (unpaired) electrons. The highest BCUT2D eigenvalue weighted by Crippen LogP contribution is 2.13. The van der Waals surface area contributed by atoms with Gasteiger partial charge < -0.3 is 11.1 Å². The molecule has 2 aromatic carbocycles. The SMILES string of the molecule is NC(=O)NC(=O)[C@H](NCCc1ccccc1F)c1ccccc1. The zero-order chi connectivity index (χ0) is 16.7. The molecule has 0 aliphatic rings. The second kappa shape index (κ2) is 8.05. The molecule has 6 heteroatoms. The van der Waals surface area contributed by atoms with E-state index in [1.165, 1.54) is 6.07 Å². The van der Waals surface area contributed by atoms with Crippen LogP contribution < -0.4 is 16.4 Å². The summed E-state index contributed by atoms with van der Waals surface area (Å²) in [5.74, 6) is -0.829. The van der Waals surface area contributed by atoms with Crippen LogP contribution >= 0.6 is 0 Å². The molecule has 0 aliphatic carbocycles. The van der Waals surface area contributed by atoms with Crippen molar-refractivity contribution in [2.75, 3.05) is 6.54 Å². The van der Waals surface area contributed by atoms with Crippen LogP contribution in [0, 0.1) is 5.82 Å². The lowest BCUT2D eigenvalue weighted by Crippen LogP contribution is -2.43. The summed E-state index contributed by atoms with van der Waals surface area (Å²) in [6, 6.07) is 13.8. The standard InChI is InChI=1S/C17H18FN3O2/c18-14-9-5-4-6-12(14)10-11-20-15(16(22)21-17(19)23)13-7-2-1-3-8-13/h1-9,15,20H,10-11H2,(H3,19,21,22,23)/t15-/m1/s1. The molecular formula is C17H18FN3O2. The van der Waals surface area contributed by atoms with Crippen molar-refractivity contribution in [1.29, 1.82) is 0 Å². The fourth-order valence-corrected chi connectivity index (χ4v) is 2.25. The van der Waals surface area contributed by atoms with E-state index in [4.69, 9.17) is 5.73 Å². The number of urea groups is 1. The smallest absolute Gasteiger partial charge is 0.318 e. The molecule has 0 aliphatic heterocycles. The highest BCUT2D eigenvalue weighted by atomic mass is 19.1. The summed E-state index contributed by atoms with van der Waals surface area (Å²) in [6.07, 6.45) is 0.417. The first-order valence-corrected chi connectivity index (χ1v) is 7.20. The van der Waals surface area contributed by atoms with Gasteiger partial charge in [0, 0.05) is 6.54 Å². The Morgan fingerprint density at radius 3 is 2.35 bits per heavy atom. The van der Waals surface area contributed by atoms with Crippen molar-refractivity contribution in [3.63, 3.8) is 0 Å². The zero-order valence-corrected chi connectivity index (χ0v) is 12.5. The molecule has 0 aromatic heterocycles. The van der Waals surface area contributed by atoms with E-state index in [1.54, 1.807) is 42.5 Å². The molecule has 0 saturated carbocycles. The summed E-state index contributed by atoms with van der Waals surface area (Å²) >= 11 is 0. The lowest BCUT2D eigenvalue weighted by atomic mass is 10.1. The maximum atomic E-state index is 13.6. The molecule has 1 atom stereocenters. The predicted molar refractivity (Wildman–Crippen MR) is 85.0 cm³/mol. The number of halogens is 1. The van der Waals surface area contributed by atoms with E-state index in [2.05, 4.69) is 10.6 Å². The van der Waals surface area contributed by atoms with Crippen molar-refractivity contribution >= 4 is 11.9 Å². The fourth-order valence-electron chi connectivity index (χ4n) is 2.25. The molecule has 23 heavy (non-hydrogen) atoms. The van der Waals surface area contributed by atoms with Gasteiger partial charge in [-0.15, -0.1) is 0 Å². The molecular weight excluding hydrogens is 297 g/mol. The zero-order valence-electron chi connectivity index (χ0n) is 12.5. The third kappa shape index (κ3) is 4.89. The van der Waals surface area contributed by atoms with Crippen LogP contribution in [-0.4, -0.2) is 18.5 Å². The van der Waals surface area contributed by atoms with Crippen LogP contribution in [0.25, 0.3) is 0 Å². The summed E-state index contributed by atoms with van der Waals surface area (Å²) in [7, 11) is 0. The van der Waals surface area contributed by atoms with E-state index >= 15 is 0 Å². The number of hydrogen-bond donors (Lipinski definition) is 3. The van der Waals surface area contributed by atoms with Gasteiger partial charge >= 0.3 is 6.03 Å². The maximum Gasteiger partial charge on any atom is 0.318 e. The van der Waals surface area contributed by atoms with Crippen molar-refractivity contribution in [2.45, 2.75) is 12.5 Å². The molecule has 0 heterocycles. The van der Waals surface area contributed by atoms with Gasteiger partial charge in [0.05, 0.1) is 0 Å². The lowest BCUT2D eigenvalue weighted by molar-refractivity contribution is -0.122. The van der Waals surface area contributed by atoms with Crippen molar-refractivity contribution in [1.82, 2.24) is 10.6 Å². The molecule has 120 valence electrons. The normalized spacial score (nSPS) is 11.7. The highest BCUT2D eigenvalue weighted by Gasteiger charge is 2.20. The minimum Gasteiger partial charge on any atom is -0.351 e. The highest BCUT2D eigenvalue weighted by molar-refractivity contribution is 5.96. The molecule has 4 N–H and O–H groups in total. The van der Waals surface area contributed by atoms with Gasteiger partial charge in [-0.3, -0.25) is 10.1 Å². The van der Waals surface area contributed by atoms with Crippen molar-refractivity contribution in [3.8, 4) is 0 Å². The second-order valence-electron chi connectivity index (χ2n) is 4.99. The molecule has 0 saturated heterocycles. The maximum absolute atomic E-state index is 13.6. The number of hydrogen-bond acceptors (Lipinski definition) is 3. The number of primary amides is 1. The topological polar surface area (TPSA) is 84.2 Å². The number of benzene rings is 2. The summed E-state index contributed by atoms with van der Waals surface area (Å²) in [4.78, 5) is 23.0. The molecule has 0 bridgehead atoms. The minimum absolute atomic E-state index is 0.285. The van der Waals surface area contributed by atoms with Gasteiger partial charge in [-0.25, -0.2) is 9.18 Å². The predicted octanol–water partition coefficient (Wildman–Crippen LogP) is 1.89. The van der Waals surface area contributed by atoms with Crippen molar-refractivity contribution in [2.24, 2.45) is 5.73 Å². The lowest BCUT2D eigenvalue weighted by Gasteiger charge is -2.18. The van der Waals surface area contributed by atoms with Gasteiger partial charge in [0.2, 0.25) is 5.91 Å². The Bertz CT molecular complexity index is 677. The van der Waals surface area contributed by atoms with Crippen LogP contribution in [0.1, 0.15) is 17.2 Å². The molecule has 0 unspecified atom stereocenters. The first kappa shape index (κ1) is 16.6. The monoisotopic (exact) mass is 315 g/mol. The van der Waals surface area contributed by atoms with Gasteiger partial charge in [-0.2, -0.15) is 0 Å². The second-order valence-corrected chi connectivity index (χ2v) is 4.99. The van der Waals surface area contributed by atoms with Crippen molar-refractivity contribution in [3.05, 3.63) is 71.5 Å². The quantitative estimate of drug-likeness (QED) is 0.761. The third-order valence-electron chi connectivity index (χ3n) is 3.34. The molecule has 2 rings (SSSR count). The Hall–Kier alpha value is -2.73. The number of imide groups is 1. The van der Waals surface area contributed by atoms with Crippen LogP contribution in [0.3, 0.4) is 0 Å². The average Bonchev–Trinajstić information content (AvgIpc) is 2.53. The van der Waals surface area contributed by atoms with E-state index in [-0.39, 0.29) is 5.82 Å². The van der Waals surface area contributed by atoms with Gasteiger partial charge in [0.25, 0.3) is 0 Å². The number of amides is 3. The van der Waals surface area contributed by atoms with Gasteiger partial charge in [0.15, 0.2) is 0 Å². The van der Waals surface area contributed by atoms with Crippen LogP contribution in [0.5, 0.6) is 0 Å². The van der Waals surface area contributed by atoms with Crippen molar-refractivity contribution < 1.29 is 14.0 Å².